The number of amides is 2. The van der Waals surface area contributed by atoms with Crippen LogP contribution in [0.15, 0.2) is 40.8 Å². The van der Waals surface area contributed by atoms with Gasteiger partial charge in [-0.2, -0.15) is 0 Å². The van der Waals surface area contributed by atoms with Gasteiger partial charge < -0.3 is 20.6 Å². The second-order valence-electron chi connectivity index (χ2n) is 7.04. The Morgan fingerprint density at radius 2 is 1.89 bits per heavy atom. The summed E-state index contributed by atoms with van der Waals surface area (Å²) in [6.45, 7) is 1.59. The summed E-state index contributed by atoms with van der Waals surface area (Å²) in [5, 5.41) is 0.437. The average Bonchev–Trinajstić information content (AvgIpc) is 3.37. The van der Waals surface area contributed by atoms with Crippen molar-refractivity contribution >= 4 is 22.8 Å². The van der Waals surface area contributed by atoms with Crippen LogP contribution >= 0.6 is 0 Å². The second kappa shape index (κ2) is 6.37. The van der Waals surface area contributed by atoms with Gasteiger partial charge in [0.1, 0.15) is 29.5 Å². The zero-order valence-corrected chi connectivity index (χ0v) is 15.3. The number of hydrogen-bond donors (Lipinski definition) is 2. The van der Waals surface area contributed by atoms with Crippen LogP contribution in [0.3, 0.4) is 0 Å². The molecule has 0 radical (unpaired) electrons. The van der Waals surface area contributed by atoms with Gasteiger partial charge in [-0.1, -0.05) is 18.2 Å². The van der Waals surface area contributed by atoms with Crippen LogP contribution in [0.25, 0.3) is 11.0 Å². The van der Waals surface area contributed by atoms with Gasteiger partial charge in [-0.05, 0) is 38.0 Å². The Morgan fingerprint density at radius 1 is 1.18 bits per heavy atom. The van der Waals surface area contributed by atoms with E-state index in [4.69, 9.17) is 20.6 Å². The number of carbonyl (C=O) groups is 2. The van der Waals surface area contributed by atoms with Crippen molar-refractivity contribution in [3.63, 3.8) is 0 Å². The van der Waals surface area contributed by atoms with E-state index in [1.807, 2.05) is 0 Å². The highest BCUT2D eigenvalue weighted by Crippen LogP contribution is 2.54. The molecule has 2 amide bonds. The SMILES string of the molecule is Cc1oc2ccc(OCc3ccccc3F)c(C3(C(N)=O)CC3)c2c1C(N)=O. The van der Waals surface area contributed by atoms with E-state index in [1.165, 1.54) is 6.07 Å². The Morgan fingerprint density at radius 3 is 2.50 bits per heavy atom. The molecule has 1 fully saturated rings. The molecular weight excluding hydrogens is 363 g/mol. The van der Waals surface area contributed by atoms with Crippen LogP contribution in [0.2, 0.25) is 0 Å². The fraction of sp³-hybridized carbons (Fsp3) is 0.238. The topological polar surface area (TPSA) is 109 Å². The highest BCUT2D eigenvalue weighted by Gasteiger charge is 2.53. The van der Waals surface area contributed by atoms with Crippen molar-refractivity contribution in [3.8, 4) is 5.75 Å². The lowest BCUT2D eigenvalue weighted by atomic mass is 9.89. The molecule has 0 aliphatic heterocycles. The number of primary amides is 2. The van der Waals surface area contributed by atoms with Crippen molar-refractivity contribution in [3.05, 3.63) is 64.7 Å². The first kappa shape index (κ1) is 18.0. The lowest BCUT2D eigenvalue weighted by Crippen LogP contribution is -2.29. The maximum atomic E-state index is 14.0. The van der Waals surface area contributed by atoms with Crippen LogP contribution in [0.1, 0.15) is 40.1 Å². The number of benzene rings is 2. The molecule has 4 rings (SSSR count). The Labute approximate surface area is 160 Å². The van der Waals surface area contributed by atoms with Gasteiger partial charge in [-0.25, -0.2) is 4.39 Å². The highest BCUT2D eigenvalue weighted by molar-refractivity contribution is 6.10. The van der Waals surface area contributed by atoms with Gasteiger partial charge in [-0.3, -0.25) is 9.59 Å². The molecule has 1 aliphatic rings. The molecule has 1 saturated carbocycles. The van der Waals surface area contributed by atoms with Crippen molar-refractivity contribution in [2.45, 2.75) is 31.8 Å². The van der Waals surface area contributed by atoms with Gasteiger partial charge >= 0.3 is 0 Å². The van der Waals surface area contributed by atoms with E-state index in [2.05, 4.69) is 0 Å². The van der Waals surface area contributed by atoms with Gasteiger partial charge in [0.25, 0.3) is 5.91 Å². The van der Waals surface area contributed by atoms with Crippen molar-refractivity contribution in [2.24, 2.45) is 11.5 Å². The minimum absolute atomic E-state index is 0.0389. The molecule has 6 nitrogen and oxygen atoms in total. The molecule has 1 heterocycles. The number of halogens is 1. The maximum absolute atomic E-state index is 14.0. The van der Waals surface area contributed by atoms with Crippen LogP contribution in [0.5, 0.6) is 5.75 Å². The number of ether oxygens (including phenoxy) is 1. The van der Waals surface area contributed by atoms with Crippen molar-refractivity contribution in [1.82, 2.24) is 0 Å². The highest BCUT2D eigenvalue weighted by atomic mass is 19.1. The van der Waals surface area contributed by atoms with Crippen molar-refractivity contribution in [1.29, 1.82) is 0 Å². The molecular formula is C21H19FN2O4. The first-order valence-electron chi connectivity index (χ1n) is 8.87. The van der Waals surface area contributed by atoms with Gasteiger partial charge in [0.2, 0.25) is 5.91 Å². The zero-order chi connectivity index (χ0) is 20.1. The summed E-state index contributed by atoms with van der Waals surface area (Å²) in [7, 11) is 0. The lowest BCUT2D eigenvalue weighted by molar-refractivity contribution is -0.120. The molecule has 3 aromatic rings. The third kappa shape index (κ3) is 2.70. The summed E-state index contributed by atoms with van der Waals surface area (Å²) in [5.41, 5.74) is 11.8. The molecule has 144 valence electrons. The van der Waals surface area contributed by atoms with E-state index in [-0.39, 0.29) is 12.2 Å². The van der Waals surface area contributed by atoms with Crippen LogP contribution in [-0.4, -0.2) is 11.8 Å². The Hall–Kier alpha value is -3.35. The van der Waals surface area contributed by atoms with E-state index >= 15 is 0 Å². The minimum atomic E-state index is -0.954. The number of nitrogens with two attached hydrogens (primary N) is 2. The third-order valence-corrected chi connectivity index (χ3v) is 5.28. The predicted molar refractivity (Wildman–Crippen MR) is 100 cm³/mol. The fourth-order valence-corrected chi connectivity index (χ4v) is 3.70. The molecule has 0 bridgehead atoms. The van der Waals surface area contributed by atoms with Gasteiger partial charge in [-0.15, -0.1) is 0 Å². The Kier molecular flexibility index (Phi) is 4.10. The molecule has 28 heavy (non-hydrogen) atoms. The number of furan rings is 1. The normalized spacial score (nSPS) is 14.8. The van der Waals surface area contributed by atoms with Crippen molar-refractivity contribution in [2.75, 3.05) is 0 Å². The number of rotatable bonds is 6. The molecule has 1 aromatic heterocycles. The predicted octanol–water partition coefficient (Wildman–Crippen LogP) is 3.08. The van der Waals surface area contributed by atoms with E-state index in [9.17, 15) is 14.0 Å². The molecule has 7 heteroatoms. The van der Waals surface area contributed by atoms with Crippen LogP contribution in [0, 0.1) is 12.7 Å². The number of aryl methyl sites for hydroxylation is 1. The Bertz CT molecular complexity index is 1120. The summed E-state index contributed by atoms with van der Waals surface area (Å²) >= 11 is 0. The Balaban J connectivity index is 1.89. The third-order valence-electron chi connectivity index (χ3n) is 5.28. The summed E-state index contributed by atoms with van der Waals surface area (Å²) < 4.78 is 25.5. The van der Waals surface area contributed by atoms with E-state index in [0.717, 1.165) is 0 Å². The molecule has 0 atom stereocenters. The monoisotopic (exact) mass is 382 g/mol. The van der Waals surface area contributed by atoms with Gasteiger partial charge in [0.15, 0.2) is 0 Å². The standard InChI is InChI=1S/C21H19FN2O4/c1-11-16(19(23)25)17-14(28-11)6-7-15(18(17)21(8-9-21)20(24)26)27-10-12-4-2-3-5-13(12)22/h2-7H,8-10H2,1H3,(H2,23,25)(H2,24,26). The van der Waals surface area contributed by atoms with Crippen LogP contribution in [0.4, 0.5) is 4.39 Å². The summed E-state index contributed by atoms with van der Waals surface area (Å²) in [5.74, 6) is -0.849. The summed E-state index contributed by atoms with van der Waals surface area (Å²) in [6.07, 6.45) is 1.06. The van der Waals surface area contributed by atoms with E-state index in [1.54, 1.807) is 37.3 Å². The molecule has 0 spiro atoms. The molecule has 0 unspecified atom stereocenters. The van der Waals surface area contributed by atoms with Crippen LogP contribution < -0.4 is 16.2 Å². The summed E-state index contributed by atoms with van der Waals surface area (Å²) in [4.78, 5) is 24.3. The fourth-order valence-electron chi connectivity index (χ4n) is 3.70. The molecule has 4 N–H and O–H groups in total. The van der Waals surface area contributed by atoms with E-state index < -0.39 is 23.0 Å². The van der Waals surface area contributed by atoms with E-state index in [0.29, 0.717) is 46.4 Å². The number of hydrogen-bond acceptors (Lipinski definition) is 4. The first-order chi connectivity index (χ1) is 13.3. The average molecular weight is 382 g/mol. The molecule has 2 aromatic carbocycles. The summed E-state index contributed by atoms with van der Waals surface area (Å²) in [6, 6.07) is 9.56. The second-order valence-corrected chi connectivity index (χ2v) is 7.04. The van der Waals surface area contributed by atoms with Crippen molar-refractivity contribution < 1.29 is 23.1 Å². The van der Waals surface area contributed by atoms with Crippen LogP contribution in [-0.2, 0) is 16.8 Å². The zero-order valence-electron chi connectivity index (χ0n) is 15.3. The smallest absolute Gasteiger partial charge is 0.252 e. The number of carbonyl (C=O) groups excluding carboxylic acids is 2. The largest absolute Gasteiger partial charge is 0.488 e. The quantitative estimate of drug-likeness (QED) is 0.683. The minimum Gasteiger partial charge on any atom is -0.488 e. The maximum Gasteiger partial charge on any atom is 0.252 e. The lowest BCUT2D eigenvalue weighted by Gasteiger charge is -2.19. The van der Waals surface area contributed by atoms with Gasteiger partial charge in [0, 0.05) is 16.5 Å². The molecule has 0 saturated heterocycles. The number of fused-ring (bicyclic) bond motifs is 1. The van der Waals surface area contributed by atoms with Gasteiger partial charge in [0.05, 0.1) is 11.0 Å². The molecule has 1 aliphatic carbocycles. The first-order valence-corrected chi connectivity index (χ1v) is 8.87.